The summed E-state index contributed by atoms with van der Waals surface area (Å²) in [4.78, 5) is 7.16. The first-order chi connectivity index (χ1) is 19.4. The molecule has 3 aromatic heterocycles. The van der Waals surface area contributed by atoms with Gasteiger partial charge in [0.05, 0.1) is 22.8 Å². The molecule has 1 aliphatic rings. The van der Waals surface area contributed by atoms with Crippen molar-refractivity contribution < 1.29 is 0 Å². The standard InChI is InChI=1S/C33H36BN7/c1-22-6-8-27(34)17-28(22)23(2)39-33(5)12-14-40(15-13-33)30-9-7-25(19-37-30)29-16-24(10-11-32(3,4)36)21-41-31(29)26(18-35)20-38-41/h6-9,16-17,19-21,39H,2,12-15,34,36H2,1,3-5H3. The van der Waals surface area contributed by atoms with Gasteiger partial charge in [0, 0.05) is 53.4 Å². The molecule has 0 bridgehead atoms. The van der Waals surface area contributed by atoms with Crippen molar-refractivity contribution in [3.05, 3.63) is 83.8 Å². The molecule has 0 spiro atoms. The molecule has 8 heteroatoms. The van der Waals surface area contributed by atoms with Crippen LogP contribution in [0.3, 0.4) is 0 Å². The predicted molar refractivity (Wildman–Crippen MR) is 170 cm³/mol. The molecule has 0 radical (unpaired) electrons. The largest absolute Gasteiger partial charge is 0.380 e. The fourth-order valence-electron chi connectivity index (χ4n) is 5.30. The maximum absolute atomic E-state index is 9.70. The Morgan fingerprint density at radius 3 is 2.59 bits per heavy atom. The molecular formula is C33H36BN7. The summed E-state index contributed by atoms with van der Waals surface area (Å²) in [6, 6.07) is 14.8. The Balaban J connectivity index is 1.34. The summed E-state index contributed by atoms with van der Waals surface area (Å²) < 4.78 is 1.71. The third-order valence-corrected chi connectivity index (χ3v) is 7.68. The minimum absolute atomic E-state index is 0.0371. The van der Waals surface area contributed by atoms with E-state index >= 15 is 0 Å². The second-order valence-corrected chi connectivity index (χ2v) is 12.0. The third-order valence-electron chi connectivity index (χ3n) is 7.68. The molecule has 206 valence electrons. The lowest BCUT2D eigenvalue weighted by molar-refractivity contribution is 0.321. The third kappa shape index (κ3) is 6.14. The number of nitriles is 1. The van der Waals surface area contributed by atoms with Gasteiger partial charge in [-0.05, 0) is 69.9 Å². The predicted octanol–water partition coefficient (Wildman–Crippen LogP) is 3.54. The number of aryl methyl sites for hydroxylation is 1. The van der Waals surface area contributed by atoms with E-state index in [4.69, 9.17) is 10.7 Å². The average molecular weight is 542 g/mol. The Morgan fingerprint density at radius 1 is 1.17 bits per heavy atom. The number of anilines is 1. The maximum Gasteiger partial charge on any atom is 0.139 e. The van der Waals surface area contributed by atoms with Gasteiger partial charge >= 0.3 is 0 Å². The lowest BCUT2D eigenvalue weighted by atomic mass is 9.87. The van der Waals surface area contributed by atoms with Crippen molar-refractivity contribution in [1.82, 2.24) is 19.9 Å². The van der Waals surface area contributed by atoms with E-state index in [2.05, 4.69) is 91.8 Å². The molecule has 0 unspecified atom stereocenters. The molecule has 1 aromatic carbocycles. The van der Waals surface area contributed by atoms with Gasteiger partial charge < -0.3 is 16.0 Å². The second-order valence-electron chi connectivity index (χ2n) is 12.0. The SMILES string of the molecule is Bc1ccc(C)c(C(=C)NC2(C)CCN(c3ccc(-c4cc(C#CC(C)(C)N)cn5ncc(C#N)c45)cn3)CC2)c1. The summed E-state index contributed by atoms with van der Waals surface area (Å²) in [7, 11) is 2.11. The van der Waals surface area contributed by atoms with E-state index < -0.39 is 5.54 Å². The first kappa shape index (κ1) is 28.0. The Bertz CT molecular complexity index is 1720. The number of aromatic nitrogens is 3. The van der Waals surface area contributed by atoms with Crippen LogP contribution in [-0.2, 0) is 0 Å². The van der Waals surface area contributed by atoms with E-state index in [0.717, 1.165) is 59.7 Å². The zero-order valence-corrected chi connectivity index (χ0v) is 24.5. The molecule has 1 aliphatic heterocycles. The normalized spacial score (nSPS) is 14.7. The topological polar surface area (TPSA) is 95.3 Å². The lowest BCUT2D eigenvalue weighted by Gasteiger charge is -2.41. The first-order valence-corrected chi connectivity index (χ1v) is 13.9. The first-order valence-electron chi connectivity index (χ1n) is 13.9. The van der Waals surface area contributed by atoms with Crippen molar-refractivity contribution in [2.45, 2.75) is 51.6 Å². The van der Waals surface area contributed by atoms with Crippen LogP contribution in [0, 0.1) is 30.1 Å². The van der Waals surface area contributed by atoms with Crippen LogP contribution in [0.2, 0.25) is 0 Å². The summed E-state index contributed by atoms with van der Waals surface area (Å²) in [6.07, 6.45) is 7.23. The number of fused-ring (bicyclic) bond motifs is 1. The molecule has 1 saturated heterocycles. The fourth-order valence-corrected chi connectivity index (χ4v) is 5.30. The van der Waals surface area contributed by atoms with Crippen molar-refractivity contribution in [1.29, 1.82) is 5.26 Å². The van der Waals surface area contributed by atoms with Gasteiger partial charge in [0.25, 0.3) is 0 Å². The quantitative estimate of drug-likeness (QED) is 0.297. The molecule has 0 atom stereocenters. The van der Waals surface area contributed by atoms with Crippen molar-refractivity contribution in [3.63, 3.8) is 0 Å². The Labute approximate surface area is 243 Å². The van der Waals surface area contributed by atoms with E-state index in [9.17, 15) is 5.26 Å². The Morgan fingerprint density at radius 2 is 1.93 bits per heavy atom. The van der Waals surface area contributed by atoms with Gasteiger partial charge in [-0.15, -0.1) is 0 Å². The highest BCUT2D eigenvalue weighted by Gasteiger charge is 2.31. The zero-order valence-electron chi connectivity index (χ0n) is 24.5. The molecule has 0 saturated carbocycles. The molecular weight excluding hydrogens is 505 g/mol. The number of nitrogens with one attached hydrogen (secondary N) is 1. The molecule has 3 N–H and O–H groups in total. The summed E-state index contributed by atoms with van der Waals surface area (Å²) in [5.41, 5.74) is 13.8. The highest BCUT2D eigenvalue weighted by molar-refractivity contribution is 6.32. The highest BCUT2D eigenvalue weighted by Crippen LogP contribution is 2.31. The van der Waals surface area contributed by atoms with Gasteiger partial charge in [0.15, 0.2) is 0 Å². The molecule has 5 rings (SSSR count). The van der Waals surface area contributed by atoms with Gasteiger partial charge in [-0.25, -0.2) is 9.50 Å². The number of piperidine rings is 1. The highest BCUT2D eigenvalue weighted by atomic mass is 15.2. The van der Waals surface area contributed by atoms with Crippen molar-refractivity contribution in [3.8, 4) is 29.0 Å². The number of rotatable bonds is 5. The van der Waals surface area contributed by atoms with Crippen LogP contribution < -0.4 is 21.4 Å². The molecule has 4 aromatic rings. The molecule has 7 nitrogen and oxygen atoms in total. The molecule has 1 fully saturated rings. The summed E-state index contributed by atoms with van der Waals surface area (Å²) >= 11 is 0. The summed E-state index contributed by atoms with van der Waals surface area (Å²) in [5.74, 6) is 7.17. The van der Waals surface area contributed by atoms with Gasteiger partial charge in [-0.3, -0.25) is 0 Å². The molecule has 0 amide bonds. The van der Waals surface area contributed by atoms with E-state index in [1.807, 2.05) is 32.3 Å². The lowest BCUT2D eigenvalue weighted by Crippen LogP contribution is -2.50. The molecule has 41 heavy (non-hydrogen) atoms. The number of pyridine rings is 2. The van der Waals surface area contributed by atoms with Crippen LogP contribution in [0.1, 0.15) is 55.9 Å². The van der Waals surface area contributed by atoms with Gasteiger partial charge in [0.2, 0.25) is 0 Å². The zero-order chi connectivity index (χ0) is 29.4. The minimum atomic E-state index is -0.618. The van der Waals surface area contributed by atoms with Crippen LogP contribution in [0.15, 0.2) is 61.6 Å². The van der Waals surface area contributed by atoms with Crippen molar-refractivity contribution >= 4 is 30.3 Å². The minimum Gasteiger partial charge on any atom is -0.380 e. The second kappa shape index (κ2) is 10.8. The van der Waals surface area contributed by atoms with Crippen LogP contribution in [-0.4, -0.2) is 46.6 Å². The fraction of sp³-hybridized carbons (Fsp3) is 0.303. The van der Waals surface area contributed by atoms with E-state index in [-0.39, 0.29) is 5.54 Å². The number of benzene rings is 1. The van der Waals surface area contributed by atoms with Gasteiger partial charge in [-0.1, -0.05) is 42.1 Å². The van der Waals surface area contributed by atoms with Crippen LogP contribution in [0.25, 0.3) is 22.3 Å². The summed E-state index contributed by atoms with van der Waals surface area (Å²) in [6.45, 7) is 14.3. The van der Waals surface area contributed by atoms with Crippen molar-refractivity contribution in [2.75, 3.05) is 18.0 Å². The van der Waals surface area contributed by atoms with Crippen LogP contribution in [0.5, 0.6) is 0 Å². The monoisotopic (exact) mass is 541 g/mol. The summed E-state index contributed by atoms with van der Waals surface area (Å²) in [5, 5.41) is 17.8. The van der Waals surface area contributed by atoms with Gasteiger partial charge in [0.1, 0.15) is 19.7 Å². The van der Waals surface area contributed by atoms with E-state index in [1.165, 1.54) is 16.6 Å². The number of nitrogens with two attached hydrogens (primary N) is 1. The molecule has 0 aliphatic carbocycles. The molecule has 4 heterocycles. The maximum atomic E-state index is 9.70. The van der Waals surface area contributed by atoms with Crippen LogP contribution >= 0.6 is 0 Å². The van der Waals surface area contributed by atoms with E-state index in [1.54, 1.807) is 10.7 Å². The van der Waals surface area contributed by atoms with E-state index in [0.29, 0.717) is 5.56 Å². The van der Waals surface area contributed by atoms with Crippen LogP contribution in [0.4, 0.5) is 5.82 Å². The smallest absolute Gasteiger partial charge is 0.139 e. The van der Waals surface area contributed by atoms with Crippen molar-refractivity contribution in [2.24, 2.45) is 5.73 Å². The Hall–Kier alpha value is -4.53. The van der Waals surface area contributed by atoms with Gasteiger partial charge in [-0.2, -0.15) is 10.4 Å². The number of hydrogen-bond acceptors (Lipinski definition) is 6. The Kier molecular flexibility index (Phi) is 7.38. The number of hydrogen-bond donors (Lipinski definition) is 2. The average Bonchev–Trinajstić information content (AvgIpc) is 3.36. The number of nitrogens with zero attached hydrogens (tertiary/aromatic N) is 5.